The normalized spacial score (nSPS) is 11.0. The summed E-state index contributed by atoms with van der Waals surface area (Å²) < 4.78 is 6.64. The second kappa shape index (κ2) is 5.49. The second-order valence-electron chi connectivity index (χ2n) is 5.06. The number of aryl methyl sites for hydroxylation is 2. The molecule has 0 saturated carbocycles. The van der Waals surface area contributed by atoms with E-state index in [1.165, 1.54) is 0 Å². The first-order valence-electron chi connectivity index (χ1n) is 6.93. The maximum Gasteiger partial charge on any atom is 0.198 e. The van der Waals surface area contributed by atoms with Gasteiger partial charge in [-0.1, -0.05) is 52.7 Å². The Morgan fingerprint density at radius 3 is 2.71 bits per heavy atom. The highest BCUT2D eigenvalue weighted by molar-refractivity contribution is 9.10. The summed E-state index contributed by atoms with van der Waals surface area (Å²) in [6.45, 7) is 3.98. The van der Waals surface area contributed by atoms with Crippen molar-refractivity contribution in [3.05, 3.63) is 69.4 Å². The van der Waals surface area contributed by atoms with Gasteiger partial charge in [0.15, 0.2) is 5.78 Å². The number of rotatable bonds is 3. The maximum atomic E-state index is 13.0. The van der Waals surface area contributed by atoms with Crippen molar-refractivity contribution >= 4 is 32.7 Å². The smallest absolute Gasteiger partial charge is 0.198 e. The molecule has 2 aromatic carbocycles. The van der Waals surface area contributed by atoms with Gasteiger partial charge in [0.2, 0.25) is 0 Å². The van der Waals surface area contributed by atoms with Gasteiger partial charge in [0, 0.05) is 21.8 Å². The van der Waals surface area contributed by atoms with Crippen molar-refractivity contribution in [3.8, 4) is 0 Å². The van der Waals surface area contributed by atoms with Crippen LogP contribution in [-0.4, -0.2) is 5.78 Å². The van der Waals surface area contributed by atoms with E-state index >= 15 is 0 Å². The minimum absolute atomic E-state index is 0.00683. The molecule has 0 saturated heterocycles. The zero-order valence-electron chi connectivity index (χ0n) is 11.9. The van der Waals surface area contributed by atoms with E-state index in [1.807, 2.05) is 56.3 Å². The van der Waals surface area contributed by atoms with Gasteiger partial charge >= 0.3 is 0 Å². The molecule has 0 aliphatic heterocycles. The van der Waals surface area contributed by atoms with Crippen molar-refractivity contribution in [1.29, 1.82) is 0 Å². The molecule has 3 rings (SSSR count). The van der Waals surface area contributed by atoms with Gasteiger partial charge in [-0.15, -0.1) is 0 Å². The molecule has 2 nitrogen and oxygen atoms in total. The summed E-state index contributed by atoms with van der Waals surface area (Å²) in [6, 6.07) is 13.5. The van der Waals surface area contributed by atoms with Crippen LogP contribution in [0.5, 0.6) is 0 Å². The lowest BCUT2D eigenvalue weighted by atomic mass is 9.98. The first kappa shape index (κ1) is 14.1. The monoisotopic (exact) mass is 342 g/mol. The fourth-order valence-corrected chi connectivity index (χ4v) is 2.97. The maximum absolute atomic E-state index is 13.0. The number of fused-ring (bicyclic) bond motifs is 1. The van der Waals surface area contributed by atoms with Gasteiger partial charge in [-0.2, -0.15) is 0 Å². The Morgan fingerprint density at radius 2 is 1.95 bits per heavy atom. The van der Waals surface area contributed by atoms with Gasteiger partial charge < -0.3 is 4.42 Å². The largest absolute Gasteiger partial charge is 0.460 e. The van der Waals surface area contributed by atoms with E-state index in [0.29, 0.717) is 17.5 Å². The number of hydrogen-bond acceptors (Lipinski definition) is 2. The number of ketones is 1. The number of furan rings is 1. The van der Waals surface area contributed by atoms with Crippen LogP contribution in [0.2, 0.25) is 0 Å². The minimum Gasteiger partial charge on any atom is -0.460 e. The molecule has 0 fully saturated rings. The summed E-state index contributed by atoms with van der Waals surface area (Å²) in [5.74, 6) is 0.752. The van der Waals surface area contributed by atoms with Crippen LogP contribution in [0.1, 0.15) is 34.2 Å². The highest BCUT2D eigenvalue weighted by atomic mass is 79.9. The van der Waals surface area contributed by atoms with E-state index in [-0.39, 0.29) is 5.78 Å². The molecule has 0 bridgehead atoms. The van der Waals surface area contributed by atoms with Crippen molar-refractivity contribution in [2.24, 2.45) is 0 Å². The molecule has 106 valence electrons. The van der Waals surface area contributed by atoms with Crippen LogP contribution >= 0.6 is 15.9 Å². The van der Waals surface area contributed by atoms with Crippen LogP contribution in [0.3, 0.4) is 0 Å². The van der Waals surface area contributed by atoms with Crippen LogP contribution in [0.25, 0.3) is 11.0 Å². The minimum atomic E-state index is 0.00683. The highest BCUT2D eigenvalue weighted by Crippen LogP contribution is 2.30. The molecule has 0 unspecified atom stereocenters. The topological polar surface area (TPSA) is 30.2 Å². The van der Waals surface area contributed by atoms with E-state index in [1.54, 1.807) is 0 Å². The van der Waals surface area contributed by atoms with Crippen molar-refractivity contribution in [1.82, 2.24) is 0 Å². The predicted molar refractivity (Wildman–Crippen MR) is 87.9 cm³/mol. The number of carbonyl (C=O) groups excluding carboxylic acids is 1. The van der Waals surface area contributed by atoms with Crippen LogP contribution in [0, 0.1) is 6.92 Å². The summed E-state index contributed by atoms with van der Waals surface area (Å²) in [6.07, 6.45) is 0.694. The molecular formula is C18H15BrO2. The van der Waals surface area contributed by atoms with Crippen LogP contribution in [0.15, 0.2) is 51.4 Å². The van der Waals surface area contributed by atoms with Gasteiger partial charge in [-0.25, -0.2) is 0 Å². The molecule has 0 radical (unpaired) electrons. The fourth-order valence-electron chi connectivity index (χ4n) is 2.54. The summed E-state index contributed by atoms with van der Waals surface area (Å²) in [5.41, 5.74) is 3.18. The quantitative estimate of drug-likeness (QED) is 0.604. The Labute approximate surface area is 131 Å². The predicted octanol–water partition coefficient (Wildman–Crippen LogP) is 5.30. The molecule has 3 aromatic rings. The molecule has 0 aliphatic carbocycles. The van der Waals surface area contributed by atoms with Gasteiger partial charge in [0.25, 0.3) is 0 Å². The lowest BCUT2D eigenvalue weighted by Gasteiger charge is -2.05. The summed E-state index contributed by atoms with van der Waals surface area (Å²) >= 11 is 3.48. The average Bonchev–Trinajstić information content (AvgIpc) is 2.87. The summed E-state index contributed by atoms with van der Waals surface area (Å²) in [4.78, 5) is 13.0. The molecule has 21 heavy (non-hydrogen) atoms. The Morgan fingerprint density at radius 1 is 1.19 bits per heavy atom. The third kappa shape index (κ3) is 2.42. The molecule has 0 atom stereocenters. The number of para-hydroxylation sites is 1. The fraction of sp³-hybridized carbons (Fsp3) is 0.167. The Hall–Kier alpha value is -1.87. The SMILES string of the molecule is CCc1oc2ccccc2c1C(=O)c1cc(C)ccc1Br. The molecular weight excluding hydrogens is 328 g/mol. The van der Waals surface area contributed by atoms with Crippen molar-refractivity contribution in [2.45, 2.75) is 20.3 Å². The van der Waals surface area contributed by atoms with Crippen molar-refractivity contribution < 1.29 is 9.21 Å². The van der Waals surface area contributed by atoms with E-state index in [4.69, 9.17) is 4.42 Å². The number of hydrogen-bond donors (Lipinski definition) is 0. The summed E-state index contributed by atoms with van der Waals surface area (Å²) in [7, 11) is 0. The first-order chi connectivity index (χ1) is 10.1. The Balaban J connectivity index is 2.24. The lowest BCUT2D eigenvalue weighted by molar-refractivity contribution is 0.103. The third-order valence-corrected chi connectivity index (χ3v) is 4.27. The molecule has 0 N–H and O–H groups in total. The highest BCUT2D eigenvalue weighted by Gasteiger charge is 2.22. The zero-order valence-corrected chi connectivity index (χ0v) is 13.5. The first-order valence-corrected chi connectivity index (χ1v) is 7.72. The second-order valence-corrected chi connectivity index (χ2v) is 5.92. The van der Waals surface area contributed by atoms with Gasteiger partial charge in [0.05, 0.1) is 5.56 Å². The molecule has 0 aliphatic rings. The van der Waals surface area contributed by atoms with Gasteiger partial charge in [-0.3, -0.25) is 4.79 Å². The van der Waals surface area contributed by atoms with Crippen LogP contribution < -0.4 is 0 Å². The van der Waals surface area contributed by atoms with Crippen LogP contribution in [0.4, 0.5) is 0 Å². The average molecular weight is 343 g/mol. The van der Waals surface area contributed by atoms with E-state index in [0.717, 1.165) is 26.8 Å². The van der Waals surface area contributed by atoms with Crippen LogP contribution in [-0.2, 0) is 6.42 Å². The number of halogens is 1. The standard InChI is InChI=1S/C18H15BrO2/c1-3-15-17(12-6-4-5-7-16(12)21-15)18(20)13-10-11(2)8-9-14(13)19/h4-10H,3H2,1-2H3. The van der Waals surface area contributed by atoms with Gasteiger partial charge in [0.1, 0.15) is 11.3 Å². The van der Waals surface area contributed by atoms with E-state index in [9.17, 15) is 4.79 Å². The Bertz CT molecular complexity index is 830. The van der Waals surface area contributed by atoms with Crippen molar-refractivity contribution in [2.75, 3.05) is 0 Å². The number of carbonyl (C=O) groups is 1. The molecule has 1 aromatic heterocycles. The number of benzene rings is 2. The summed E-state index contributed by atoms with van der Waals surface area (Å²) in [5, 5.41) is 0.882. The molecule has 3 heteroatoms. The zero-order chi connectivity index (χ0) is 15.0. The van der Waals surface area contributed by atoms with E-state index < -0.39 is 0 Å². The molecule has 0 spiro atoms. The van der Waals surface area contributed by atoms with E-state index in [2.05, 4.69) is 15.9 Å². The van der Waals surface area contributed by atoms with Gasteiger partial charge in [-0.05, 0) is 25.1 Å². The third-order valence-electron chi connectivity index (χ3n) is 3.58. The Kier molecular flexibility index (Phi) is 3.68. The molecule has 1 heterocycles. The van der Waals surface area contributed by atoms with Crippen molar-refractivity contribution in [3.63, 3.8) is 0 Å². The molecule has 0 amide bonds. The lowest BCUT2D eigenvalue weighted by Crippen LogP contribution is -2.04.